The number of nitrogens with one attached hydrogen (secondary N) is 1. The molecule has 7 heteroatoms. The normalized spacial score (nSPS) is 10.5. The highest BCUT2D eigenvalue weighted by Gasteiger charge is 2.13. The van der Waals surface area contributed by atoms with Gasteiger partial charge in [-0.25, -0.2) is 14.8 Å². The fraction of sp³-hybridized carbons (Fsp3) is 0.250. The van der Waals surface area contributed by atoms with E-state index in [1.54, 1.807) is 0 Å². The van der Waals surface area contributed by atoms with Crippen molar-refractivity contribution >= 4 is 23.4 Å². The number of hydrogen-bond donors (Lipinski definition) is 2. The molecule has 0 radical (unpaired) electrons. The van der Waals surface area contributed by atoms with Crippen LogP contribution in [0.5, 0.6) is 0 Å². The third-order valence-corrected chi connectivity index (χ3v) is 2.78. The number of carboxylic acid groups (broad SMARTS) is 1. The van der Waals surface area contributed by atoms with Crippen molar-refractivity contribution in [2.75, 3.05) is 5.32 Å². The van der Waals surface area contributed by atoms with E-state index >= 15 is 0 Å². The Morgan fingerprint density at radius 2 is 2.16 bits per heavy atom. The number of aryl methyl sites for hydroxylation is 2. The number of nitrogens with zero attached hydrogens (tertiary/aromatic N) is 2. The topological polar surface area (TPSA) is 88.2 Å². The molecule has 0 unspecified atom stereocenters. The highest BCUT2D eigenvalue weighted by molar-refractivity contribution is 6.29. The van der Waals surface area contributed by atoms with E-state index in [1.165, 1.54) is 12.1 Å². The van der Waals surface area contributed by atoms with E-state index in [4.69, 9.17) is 21.1 Å². The predicted octanol–water partition coefficient (Wildman–Crippen LogP) is 2.65. The highest BCUT2D eigenvalue weighted by Crippen LogP contribution is 2.18. The van der Waals surface area contributed by atoms with Gasteiger partial charge in [0, 0.05) is 0 Å². The SMILES string of the molecule is Cc1nc(CNc2nc(Cl)ccc2C(=O)O)oc1C. The fourth-order valence-electron chi connectivity index (χ4n) is 1.52. The second-order valence-electron chi connectivity index (χ2n) is 3.94. The quantitative estimate of drug-likeness (QED) is 0.838. The van der Waals surface area contributed by atoms with Gasteiger partial charge in [0.15, 0.2) is 0 Å². The lowest BCUT2D eigenvalue weighted by Gasteiger charge is -2.06. The standard InChI is InChI=1S/C12H12ClN3O3/c1-6-7(2)19-10(15-6)5-14-11-8(12(17)18)3-4-9(13)16-11/h3-4H,5H2,1-2H3,(H,14,16)(H,17,18). The van der Waals surface area contributed by atoms with Crippen LogP contribution in [0.3, 0.4) is 0 Å². The van der Waals surface area contributed by atoms with Crippen molar-refractivity contribution in [2.45, 2.75) is 20.4 Å². The Kier molecular flexibility index (Phi) is 3.71. The maximum atomic E-state index is 11.0. The summed E-state index contributed by atoms with van der Waals surface area (Å²) >= 11 is 5.75. The summed E-state index contributed by atoms with van der Waals surface area (Å²) in [7, 11) is 0. The molecule has 2 N–H and O–H groups in total. The van der Waals surface area contributed by atoms with Gasteiger partial charge in [0.2, 0.25) is 5.89 Å². The zero-order valence-electron chi connectivity index (χ0n) is 10.4. The first-order valence-electron chi connectivity index (χ1n) is 5.54. The third kappa shape index (κ3) is 3.03. The van der Waals surface area contributed by atoms with Gasteiger partial charge in [0.1, 0.15) is 22.3 Å². The number of halogens is 1. The summed E-state index contributed by atoms with van der Waals surface area (Å²) < 4.78 is 5.38. The summed E-state index contributed by atoms with van der Waals surface area (Å²) in [6.07, 6.45) is 0. The molecule has 0 aliphatic heterocycles. The van der Waals surface area contributed by atoms with Crippen LogP contribution in [0, 0.1) is 13.8 Å². The Bertz CT molecular complexity index is 605. The maximum Gasteiger partial charge on any atom is 0.339 e. The van der Waals surface area contributed by atoms with Crippen LogP contribution in [0.1, 0.15) is 27.7 Å². The maximum absolute atomic E-state index is 11.0. The molecule has 100 valence electrons. The number of oxazole rings is 1. The molecular formula is C12H12ClN3O3. The minimum atomic E-state index is -1.08. The van der Waals surface area contributed by atoms with Crippen LogP contribution in [-0.4, -0.2) is 21.0 Å². The van der Waals surface area contributed by atoms with Gasteiger partial charge in [0.05, 0.1) is 12.2 Å². The summed E-state index contributed by atoms with van der Waals surface area (Å²) in [5.41, 5.74) is 0.846. The van der Waals surface area contributed by atoms with Gasteiger partial charge in [-0.15, -0.1) is 0 Å². The number of aromatic carboxylic acids is 1. The molecule has 0 atom stereocenters. The number of pyridine rings is 1. The highest BCUT2D eigenvalue weighted by atomic mass is 35.5. The zero-order valence-corrected chi connectivity index (χ0v) is 11.2. The second-order valence-corrected chi connectivity index (χ2v) is 4.33. The zero-order chi connectivity index (χ0) is 14.0. The number of carboxylic acids is 1. The Labute approximate surface area is 114 Å². The molecule has 0 fully saturated rings. The van der Waals surface area contributed by atoms with Crippen molar-refractivity contribution < 1.29 is 14.3 Å². The van der Waals surface area contributed by atoms with Crippen LogP contribution in [0.15, 0.2) is 16.5 Å². The van der Waals surface area contributed by atoms with Crippen molar-refractivity contribution in [1.29, 1.82) is 0 Å². The molecule has 19 heavy (non-hydrogen) atoms. The molecule has 0 saturated heterocycles. The van der Waals surface area contributed by atoms with Gasteiger partial charge in [-0.3, -0.25) is 0 Å². The molecule has 2 rings (SSSR count). The van der Waals surface area contributed by atoms with Crippen LogP contribution in [0.25, 0.3) is 0 Å². The lowest BCUT2D eigenvalue weighted by Crippen LogP contribution is -2.08. The minimum Gasteiger partial charge on any atom is -0.478 e. The van der Waals surface area contributed by atoms with Gasteiger partial charge in [-0.1, -0.05) is 11.6 Å². The molecular weight excluding hydrogens is 270 g/mol. The van der Waals surface area contributed by atoms with E-state index in [1.807, 2.05) is 13.8 Å². The van der Waals surface area contributed by atoms with Crippen LogP contribution < -0.4 is 5.32 Å². The van der Waals surface area contributed by atoms with Crippen LogP contribution in [0.2, 0.25) is 5.15 Å². The van der Waals surface area contributed by atoms with Crippen molar-refractivity contribution in [1.82, 2.24) is 9.97 Å². The lowest BCUT2D eigenvalue weighted by atomic mass is 10.2. The fourth-order valence-corrected chi connectivity index (χ4v) is 1.66. The van der Waals surface area contributed by atoms with Crippen LogP contribution in [0.4, 0.5) is 5.82 Å². The van der Waals surface area contributed by atoms with E-state index in [-0.39, 0.29) is 23.1 Å². The molecule has 2 heterocycles. The third-order valence-electron chi connectivity index (χ3n) is 2.57. The first kappa shape index (κ1) is 13.4. The van der Waals surface area contributed by atoms with Crippen molar-refractivity contribution in [3.8, 4) is 0 Å². The lowest BCUT2D eigenvalue weighted by molar-refractivity contribution is 0.0697. The van der Waals surface area contributed by atoms with E-state index in [9.17, 15) is 4.79 Å². The Morgan fingerprint density at radius 3 is 2.74 bits per heavy atom. The average molecular weight is 282 g/mol. The molecule has 0 aliphatic rings. The molecule has 0 aliphatic carbocycles. The Balaban J connectivity index is 2.19. The van der Waals surface area contributed by atoms with Gasteiger partial charge in [-0.2, -0.15) is 0 Å². The number of carbonyl (C=O) groups is 1. The molecule has 0 amide bonds. The van der Waals surface area contributed by atoms with E-state index < -0.39 is 5.97 Å². The molecule has 2 aromatic rings. The van der Waals surface area contributed by atoms with Crippen molar-refractivity contribution in [2.24, 2.45) is 0 Å². The van der Waals surface area contributed by atoms with Crippen LogP contribution in [-0.2, 0) is 6.54 Å². The first-order chi connectivity index (χ1) is 8.97. The van der Waals surface area contributed by atoms with Crippen molar-refractivity contribution in [3.63, 3.8) is 0 Å². The molecule has 0 bridgehead atoms. The van der Waals surface area contributed by atoms with Crippen molar-refractivity contribution in [3.05, 3.63) is 40.2 Å². The van der Waals surface area contributed by atoms with E-state index in [2.05, 4.69) is 15.3 Å². The monoisotopic (exact) mass is 281 g/mol. The minimum absolute atomic E-state index is 0.0457. The van der Waals surface area contributed by atoms with Crippen LogP contribution >= 0.6 is 11.6 Å². The van der Waals surface area contributed by atoms with Gasteiger partial charge in [-0.05, 0) is 26.0 Å². The van der Waals surface area contributed by atoms with Gasteiger partial charge in [0.25, 0.3) is 0 Å². The number of rotatable bonds is 4. The molecule has 0 aromatic carbocycles. The average Bonchev–Trinajstić information content (AvgIpc) is 2.66. The van der Waals surface area contributed by atoms with Gasteiger partial charge < -0.3 is 14.8 Å². The second kappa shape index (κ2) is 5.27. The number of aromatic nitrogens is 2. The molecule has 0 saturated carbocycles. The molecule has 6 nitrogen and oxygen atoms in total. The number of anilines is 1. The van der Waals surface area contributed by atoms with E-state index in [0.717, 1.165) is 11.5 Å². The molecule has 0 spiro atoms. The first-order valence-corrected chi connectivity index (χ1v) is 5.92. The predicted molar refractivity (Wildman–Crippen MR) is 69.5 cm³/mol. The summed E-state index contributed by atoms with van der Waals surface area (Å²) in [5.74, 6) is 0.308. The Hall–Kier alpha value is -2.08. The summed E-state index contributed by atoms with van der Waals surface area (Å²) in [5, 5.41) is 12.1. The number of hydrogen-bond acceptors (Lipinski definition) is 5. The summed E-state index contributed by atoms with van der Waals surface area (Å²) in [4.78, 5) is 19.2. The summed E-state index contributed by atoms with van der Waals surface area (Å²) in [6.45, 7) is 3.89. The Morgan fingerprint density at radius 1 is 1.42 bits per heavy atom. The van der Waals surface area contributed by atoms with Gasteiger partial charge >= 0.3 is 5.97 Å². The van der Waals surface area contributed by atoms with E-state index in [0.29, 0.717) is 5.89 Å². The summed E-state index contributed by atoms with van der Waals surface area (Å²) in [6, 6.07) is 2.82. The smallest absolute Gasteiger partial charge is 0.339 e. The molecule has 2 aromatic heterocycles. The largest absolute Gasteiger partial charge is 0.478 e.